The zero-order valence-corrected chi connectivity index (χ0v) is 13.9. The number of hydrogen-bond donors (Lipinski definition) is 1. The normalized spacial score (nSPS) is 10.2. The molecule has 0 saturated heterocycles. The molecule has 0 aliphatic carbocycles. The molecule has 0 unspecified atom stereocenters. The summed E-state index contributed by atoms with van der Waals surface area (Å²) in [6.45, 7) is -0.00816. The number of benzene rings is 1. The predicted octanol–water partition coefficient (Wildman–Crippen LogP) is 2.83. The number of rotatable bonds is 7. The van der Waals surface area contributed by atoms with Crippen molar-refractivity contribution in [2.75, 3.05) is 13.2 Å². The van der Waals surface area contributed by atoms with Gasteiger partial charge in [0, 0.05) is 23.6 Å². The quantitative estimate of drug-likeness (QED) is 0.460. The third-order valence-corrected chi connectivity index (χ3v) is 4.24. The van der Waals surface area contributed by atoms with Crippen LogP contribution in [0.2, 0.25) is 5.02 Å². The van der Waals surface area contributed by atoms with Crippen molar-refractivity contribution in [1.82, 2.24) is 5.32 Å². The highest BCUT2D eigenvalue weighted by Crippen LogP contribution is 2.23. The van der Waals surface area contributed by atoms with Crippen molar-refractivity contribution in [2.45, 2.75) is 6.42 Å². The maximum Gasteiger partial charge on any atom is 0.340 e. The van der Waals surface area contributed by atoms with E-state index >= 15 is 0 Å². The van der Waals surface area contributed by atoms with Gasteiger partial charge < -0.3 is 10.1 Å². The van der Waals surface area contributed by atoms with E-state index in [0.717, 1.165) is 17.0 Å². The molecule has 1 N–H and O–H groups in total. The summed E-state index contributed by atoms with van der Waals surface area (Å²) in [5, 5.41) is 15.1. The van der Waals surface area contributed by atoms with Gasteiger partial charge in [-0.15, -0.1) is 11.3 Å². The first-order chi connectivity index (χ1) is 11.5. The molecule has 24 heavy (non-hydrogen) atoms. The minimum atomic E-state index is -0.816. The van der Waals surface area contributed by atoms with Crippen LogP contribution in [0.5, 0.6) is 0 Å². The van der Waals surface area contributed by atoms with Gasteiger partial charge in [-0.2, -0.15) is 0 Å². The standard InChI is InChI=1S/C15H13ClN2O5S/c16-13-8-10(18(21)22)3-4-12(13)15(20)23-9-14(19)17-6-5-11-2-1-7-24-11/h1-4,7-8H,5-6,9H2,(H,17,19). The predicted molar refractivity (Wildman–Crippen MR) is 89.4 cm³/mol. The molecule has 1 amide bonds. The Labute approximate surface area is 146 Å². The van der Waals surface area contributed by atoms with Gasteiger partial charge in [-0.25, -0.2) is 4.79 Å². The highest BCUT2D eigenvalue weighted by atomic mass is 35.5. The molecule has 0 atom stereocenters. The number of nitro groups is 1. The number of halogens is 1. The van der Waals surface area contributed by atoms with Gasteiger partial charge in [-0.05, 0) is 23.9 Å². The second-order valence-corrected chi connectivity index (χ2v) is 6.12. The number of ether oxygens (including phenoxy) is 1. The van der Waals surface area contributed by atoms with E-state index in [4.69, 9.17) is 16.3 Å². The molecule has 0 spiro atoms. The van der Waals surface area contributed by atoms with E-state index in [-0.39, 0.29) is 16.3 Å². The van der Waals surface area contributed by atoms with Crippen molar-refractivity contribution in [3.8, 4) is 0 Å². The zero-order valence-electron chi connectivity index (χ0n) is 12.4. The Kier molecular flexibility index (Phi) is 6.28. The first-order valence-corrected chi connectivity index (χ1v) is 8.13. The number of hydrogen-bond acceptors (Lipinski definition) is 6. The van der Waals surface area contributed by atoms with Gasteiger partial charge in [-0.1, -0.05) is 17.7 Å². The number of nitrogens with zero attached hydrogens (tertiary/aromatic N) is 1. The van der Waals surface area contributed by atoms with Crippen LogP contribution < -0.4 is 5.32 Å². The number of amides is 1. The minimum absolute atomic E-state index is 0.0337. The van der Waals surface area contributed by atoms with Gasteiger partial charge in [0.25, 0.3) is 11.6 Å². The van der Waals surface area contributed by atoms with Gasteiger partial charge in [-0.3, -0.25) is 14.9 Å². The number of non-ortho nitro benzene ring substituents is 1. The number of thiophene rings is 1. The van der Waals surface area contributed by atoms with Crippen LogP contribution in [0.15, 0.2) is 35.7 Å². The molecule has 2 rings (SSSR count). The van der Waals surface area contributed by atoms with Gasteiger partial charge in [0.05, 0.1) is 15.5 Å². The smallest absolute Gasteiger partial charge is 0.340 e. The third kappa shape index (κ3) is 5.04. The van der Waals surface area contributed by atoms with Crippen LogP contribution >= 0.6 is 22.9 Å². The monoisotopic (exact) mass is 368 g/mol. The van der Waals surface area contributed by atoms with Crippen molar-refractivity contribution in [1.29, 1.82) is 0 Å². The third-order valence-electron chi connectivity index (χ3n) is 2.99. The number of carbonyl (C=O) groups excluding carboxylic acids is 2. The highest BCUT2D eigenvalue weighted by molar-refractivity contribution is 7.09. The Hall–Kier alpha value is -2.45. The molecule has 0 bridgehead atoms. The average molecular weight is 369 g/mol. The molecule has 9 heteroatoms. The van der Waals surface area contributed by atoms with Gasteiger partial charge in [0.15, 0.2) is 6.61 Å². The van der Waals surface area contributed by atoms with Crippen LogP contribution in [0, 0.1) is 10.1 Å². The molecule has 0 radical (unpaired) electrons. The number of nitrogens with one attached hydrogen (secondary N) is 1. The Balaban J connectivity index is 1.79. The first kappa shape index (κ1) is 17.9. The maximum atomic E-state index is 11.9. The minimum Gasteiger partial charge on any atom is -0.452 e. The molecule has 1 heterocycles. The SMILES string of the molecule is O=C(COC(=O)c1ccc([N+](=O)[O-])cc1Cl)NCCc1cccs1. The van der Waals surface area contributed by atoms with E-state index in [1.165, 1.54) is 6.07 Å². The Morgan fingerprint density at radius 2 is 2.12 bits per heavy atom. The molecule has 0 aliphatic rings. The Bertz CT molecular complexity index is 748. The van der Waals surface area contributed by atoms with E-state index in [1.54, 1.807) is 11.3 Å². The Morgan fingerprint density at radius 1 is 1.33 bits per heavy atom. The van der Waals surface area contributed by atoms with Crippen molar-refractivity contribution in [2.24, 2.45) is 0 Å². The molecule has 0 aliphatic heterocycles. The van der Waals surface area contributed by atoms with Crippen LogP contribution in [0.3, 0.4) is 0 Å². The van der Waals surface area contributed by atoms with Gasteiger partial charge in [0.2, 0.25) is 0 Å². The summed E-state index contributed by atoms with van der Waals surface area (Å²) in [5.41, 5.74) is -0.267. The van der Waals surface area contributed by atoms with Crippen LogP contribution in [0.4, 0.5) is 5.69 Å². The van der Waals surface area contributed by atoms with Crippen LogP contribution in [0.1, 0.15) is 15.2 Å². The topological polar surface area (TPSA) is 98.5 Å². The molecular formula is C15H13ClN2O5S. The van der Waals surface area contributed by atoms with Crippen molar-refractivity contribution < 1.29 is 19.2 Å². The fourth-order valence-electron chi connectivity index (χ4n) is 1.82. The number of nitro benzene ring substituents is 1. The lowest BCUT2D eigenvalue weighted by molar-refractivity contribution is -0.384. The van der Waals surface area contributed by atoms with Crippen LogP contribution in [0.25, 0.3) is 0 Å². The summed E-state index contributed by atoms with van der Waals surface area (Å²) >= 11 is 7.42. The van der Waals surface area contributed by atoms with Crippen molar-refractivity contribution in [3.63, 3.8) is 0 Å². The van der Waals surface area contributed by atoms with E-state index in [1.807, 2.05) is 17.5 Å². The molecule has 1 aromatic carbocycles. The summed E-state index contributed by atoms with van der Waals surface area (Å²) in [4.78, 5) is 34.6. The summed E-state index contributed by atoms with van der Waals surface area (Å²) in [5.74, 6) is -1.25. The van der Waals surface area contributed by atoms with Crippen molar-refractivity contribution >= 4 is 40.5 Å². The lowest BCUT2D eigenvalue weighted by Gasteiger charge is -2.07. The van der Waals surface area contributed by atoms with Gasteiger partial charge in [0.1, 0.15) is 0 Å². The van der Waals surface area contributed by atoms with E-state index < -0.39 is 23.4 Å². The van der Waals surface area contributed by atoms with E-state index in [9.17, 15) is 19.7 Å². The molecule has 1 aromatic heterocycles. The van der Waals surface area contributed by atoms with Crippen LogP contribution in [-0.4, -0.2) is 30.0 Å². The van der Waals surface area contributed by atoms with Gasteiger partial charge >= 0.3 is 5.97 Å². The summed E-state index contributed by atoms with van der Waals surface area (Å²) in [6.07, 6.45) is 0.700. The van der Waals surface area contributed by atoms with Crippen LogP contribution in [-0.2, 0) is 16.0 Å². The first-order valence-electron chi connectivity index (χ1n) is 6.87. The highest BCUT2D eigenvalue weighted by Gasteiger charge is 2.17. The summed E-state index contributed by atoms with van der Waals surface area (Å²) in [6, 6.07) is 7.28. The number of carbonyl (C=O) groups is 2. The molecule has 0 fully saturated rings. The summed E-state index contributed by atoms with van der Waals surface area (Å²) in [7, 11) is 0. The lowest BCUT2D eigenvalue weighted by atomic mass is 10.2. The number of esters is 1. The second kappa shape index (κ2) is 8.42. The molecule has 0 saturated carbocycles. The average Bonchev–Trinajstić information content (AvgIpc) is 3.05. The molecule has 2 aromatic rings. The second-order valence-electron chi connectivity index (χ2n) is 4.68. The molecular weight excluding hydrogens is 356 g/mol. The molecule has 126 valence electrons. The fraction of sp³-hybridized carbons (Fsp3) is 0.200. The van der Waals surface area contributed by atoms with E-state index in [2.05, 4.69) is 5.32 Å². The fourth-order valence-corrected chi connectivity index (χ4v) is 2.78. The summed E-state index contributed by atoms with van der Waals surface area (Å²) < 4.78 is 4.86. The van der Waals surface area contributed by atoms with E-state index in [0.29, 0.717) is 13.0 Å². The largest absolute Gasteiger partial charge is 0.452 e. The van der Waals surface area contributed by atoms with Crippen molar-refractivity contribution in [3.05, 3.63) is 61.3 Å². The lowest BCUT2D eigenvalue weighted by Crippen LogP contribution is -2.30. The molecule has 7 nitrogen and oxygen atoms in total. The Morgan fingerprint density at radius 3 is 2.75 bits per heavy atom. The zero-order chi connectivity index (χ0) is 17.5. The maximum absolute atomic E-state index is 11.9.